The Hall–Kier alpha value is -2.64. The van der Waals surface area contributed by atoms with Crippen LogP contribution in [0.5, 0.6) is 0 Å². The van der Waals surface area contributed by atoms with Crippen molar-refractivity contribution >= 4 is 37.5 Å². The van der Waals surface area contributed by atoms with Gasteiger partial charge in [0.1, 0.15) is 6.54 Å². The smallest absolute Gasteiger partial charge is 0.264 e. The topological polar surface area (TPSA) is 66.5 Å². The zero-order valence-corrected chi connectivity index (χ0v) is 22.4. The lowest BCUT2D eigenvalue weighted by atomic mass is 9.79. The van der Waals surface area contributed by atoms with Crippen LogP contribution in [-0.2, 0) is 20.2 Å². The van der Waals surface area contributed by atoms with Crippen LogP contribution in [0.2, 0.25) is 0 Å². The SMILES string of the molecule is Cc1ccc(S(=O)(=O)N(CC(=O)NC(C)CC(C)(C)c2ccccc2)c2ccc(Br)cc2)cc1. The molecule has 0 aromatic heterocycles. The molecule has 0 saturated heterocycles. The largest absolute Gasteiger partial charge is 0.352 e. The lowest BCUT2D eigenvalue weighted by Crippen LogP contribution is -2.45. The van der Waals surface area contributed by atoms with Crippen molar-refractivity contribution < 1.29 is 13.2 Å². The average molecular weight is 544 g/mol. The van der Waals surface area contributed by atoms with Crippen molar-refractivity contribution in [2.75, 3.05) is 10.8 Å². The van der Waals surface area contributed by atoms with E-state index in [9.17, 15) is 13.2 Å². The van der Waals surface area contributed by atoms with Crippen LogP contribution in [0.4, 0.5) is 5.69 Å². The number of aryl methyl sites for hydroxylation is 1. The fourth-order valence-electron chi connectivity index (χ4n) is 4.03. The molecule has 3 aromatic rings. The molecule has 1 atom stereocenters. The van der Waals surface area contributed by atoms with Crippen molar-refractivity contribution in [1.82, 2.24) is 5.32 Å². The summed E-state index contributed by atoms with van der Waals surface area (Å²) in [6, 6.07) is 23.5. The summed E-state index contributed by atoms with van der Waals surface area (Å²) >= 11 is 3.38. The minimum absolute atomic E-state index is 0.142. The van der Waals surface area contributed by atoms with Gasteiger partial charge >= 0.3 is 0 Å². The number of rotatable bonds is 9. The number of nitrogens with one attached hydrogen (secondary N) is 1. The third-order valence-electron chi connectivity index (χ3n) is 5.79. The van der Waals surface area contributed by atoms with Gasteiger partial charge in [-0.2, -0.15) is 0 Å². The highest BCUT2D eigenvalue weighted by Gasteiger charge is 2.29. The van der Waals surface area contributed by atoms with Gasteiger partial charge in [-0.25, -0.2) is 8.42 Å². The van der Waals surface area contributed by atoms with E-state index in [1.807, 2.05) is 32.0 Å². The molecule has 0 spiro atoms. The van der Waals surface area contributed by atoms with Gasteiger partial charge in [-0.15, -0.1) is 0 Å². The summed E-state index contributed by atoms with van der Waals surface area (Å²) in [4.78, 5) is 13.2. The fraction of sp³-hybridized carbons (Fsp3) is 0.296. The number of nitrogens with zero attached hydrogens (tertiary/aromatic N) is 1. The highest BCUT2D eigenvalue weighted by Crippen LogP contribution is 2.29. The van der Waals surface area contributed by atoms with Crippen LogP contribution in [-0.4, -0.2) is 26.9 Å². The third kappa shape index (κ3) is 6.48. The summed E-state index contributed by atoms with van der Waals surface area (Å²) in [5, 5.41) is 3.00. The standard InChI is InChI=1S/C27H31BrN2O3S/c1-20-10-16-25(17-11-20)34(32,33)30(24-14-12-23(28)13-15-24)19-26(31)29-21(2)18-27(3,4)22-8-6-5-7-9-22/h5-17,21H,18-19H2,1-4H3,(H,29,31). The maximum Gasteiger partial charge on any atom is 0.264 e. The van der Waals surface area contributed by atoms with Gasteiger partial charge in [-0.05, 0) is 67.6 Å². The number of carbonyl (C=O) groups is 1. The molecule has 0 heterocycles. The summed E-state index contributed by atoms with van der Waals surface area (Å²) in [6.45, 7) is 7.81. The van der Waals surface area contributed by atoms with E-state index in [2.05, 4.69) is 47.2 Å². The number of hydrogen-bond acceptors (Lipinski definition) is 3. The van der Waals surface area contributed by atoms with E-state index in [1.54, 1.807) is 48.5 Å². The van der Waals surface area contributed by atoms with E-state index < -0.39 is 10.0 Å². The third-order valence-corrected chi connectivity index (χ3v) is 8.11. The predicted molar refractivity (Wildman–Crippen MR) is 142 cm³/mol. The first-order chi connectivity index (χ1) is 16.0. The number of amides is 1. The van der Waals surface area contributed by atoms with Gasteiger partial charge in [0.15, 0.2) is 0 Å². The molecule has 0 bridgehead atoms. The summed E-state index contributed by atoms with van der Waals surface area (Å²) in [5.74, 6) is -0.352. The van der Waals surface area contributed by atoms with Gasteiger partial charge in [0.2, 0.25) is 5.91 Å². The number of benzene rings is 3. The Morgan fingerprint density at radius 1 is 0.971 bits per heavy atom. The van der Waals surface area contributed by atoms with E-state index in [1.165, 1.54) is 5.56 Å². The van der Waals surface area contributed by atoms with Gasteiger partial charge in [0.25, 0.3) is 10.0 Å². The second-order valence-electron chi connectivity index (χ2n) is 9.22. The number of hydrogen-bond donors (Lipinski definition) is 1. The van der Waals surface area contributed by atoms with E-state index in [0.29, 0.717) is 12.1 Å². The van der Waals surface area contributed by atoms with Gasteiger partial charge in [-0.1, -0.05) is 77.8 Å². The molecular weight excluding hydrogens is 512 g/mol. The number of sulfonamides is 1. The maximum atomic E-state index is 13.5. The van der Waals surface area contributed by atoms with Crippen LogP contribution < -0.4 is 9.62 Å². The van der Waals surface area contributed by atoms with Crippen molar-refractivity contribution in [2.45, 2.75) is 50.5 Å². The van der Waals surface area contributed by atoms with E-state index in [0.717, 1.165) is 14.3 Å². The molecule has 0 radical (unpaired) electrons. The van der Waals surface area contributed by atoms with Crippen LogP contribution in [0.15, 0.2) is 88.2 Å². The first kappa shape index (κ1) is 26.0. The van der Waals surface area contributed by atoms with Gasteiger partial charge < -0.3 is 5.32 Å². The molecule has 7 heteroatoms. The monoisotopic (exact) mass is 542 g/mol. The van der Waals surface area contributed by atoms with Gasteiger partial charge in [-0.3, -0.25) is 9.10 Å². The molecule has 3 aromatic carbocycles. The molecule has 180 valence electrons. The number of halogens is 1. The van der Waals surface area contributed by atoms with E-state index >= 15 is 0 Å². The zero-order valence-electron chi connectivity index (χ0n) is 20.0. The van der Waals surface area contributed by atoms with Gasteiger partial charge in [0, 0.05) is 10.5 Å². The molecule has 5 nitrogen and oxygen atoms in total. The molecule has 1 N–H and O–H groups in total. The highest BCUT2D eigenvalue weighted by molar-refractivity contribution is 9.10. The second-order valence-corrected chi connectivity index (χ2v) is 12.0. The highest BCUT2D eigenvalue weighted by atomic mass is 79.9. The molecule has 0 saturated carbocycles. The maximum absolute atomic E-state index is 13.5. The van der Waals surface area contributed by atoms with Crippen molar-refractivity contribution in [1.29, 1.82) is 0 Å². The molecule has 1 amide bonds. The van der Waals surface area contributed by atoms with Crippen molar-refractivity contribution in [3.63, 3.8) is 0 Å². The molecule has 0 aliphatic carbocycles. The number of anilines is 1. The van der Waals surface area contributed by atoms with E-state index in [4.69, 9.17) is 0 Å². The summed E-state index contributed by atoms with van der Waals surface area (Å²) in [7, 11) is -3.94. The Balaban J connectivity index is 1.80. The molecule has 3 rings (SSSR count). The summed E-state index contributed by atoms with van der Waals surface area (Å²) in [5.41, 5.74) is 2.43. The molecule has 0 aliphatic heterocycles. The summed E-state index contributed by atoms with van der Waals surface area (Å²) in [6.07, 6.45) is 0.714. The predicted octanol–water partition coefficient (Wildman–Crippen LogP) is 5.83. The normalized spacial score (nSPS) is 12.7. The van der Waals surface area contributed by atoms with Gasteiger partial charge in [0.05, 0.1) is 10.6 Å². The summed E-state index contributed by atoms with van der Waals surface area (Å²) < 4.78 is 29.0. The fourth-order valence-corrected chi connectivity index (χ4v) is 5.72. The second kappa shape index (κ2) is 10.7. The zero-order chi connectivity index (χ0) is 24.9. The van der Waals surface area contributed by atoms with Crippen molar-refractivity contribution in [2.24, 2.45) is 0 Å². The molecule has 0 fully saturated rings. The average Bonchev–Trinajstić information content (AvgIpc) is 2.78. The quantitative estimate of drug-likeness (QED) is 0.370. The Morgan fingerprint density at radius 2 is 1.56 bits per heavy atom. The Kier molecular flexibility index (Phi) is 8.21. The van der Waals surface area contributed by atoms with Crippen molar-refractivity contribution in [3.05, 3.63) is 94.5 Å². The first-order valence-corrected chi connectivity index (χ1v) is 13.4. The van der Waals surface area contributed by atoms with Crippen LogP contribution in [0, 0.1) is 6.92 Å². The lowest BCUT2D eigenvalue weighted by Gasteiger charge is -2.30. The molecule has 1 unspecified atom stereocenters. The molecule has 0 aliphatic rings. The first-order valence-electron chi connectivity index (χ1n) is 11.2. The lowest BCUT2D eigenvalue weighted by molar-refractivity contribution is -0.120. The van der Waals surface area contributed by atoms with Crippen LogP contribution in [0.3, 0.4) is 0 Å². The molecule has 34 heavy (non-hydrogen) atoms. The van der Waals surface area contributed by atoms with Crippen LogP contribution in [0.25, 0.3) is 0 Å². The molecular formula is C27H31BrN2O3S. The Bertz CT molecular complexity index is 1210. The Morgan fingerprint density at radius 3 is 2.15 bits per heavy atom. The number of carbonyl (C=O) groups excluding carboxylic acids is 1. The van der Waals surface area contributed by atoms with Crippen LogP contribution >= 0.6 is 15.9 Å². The Labute approximate surface area is 211 Å². The van der Waals surface area contributed by atoms with Crippen molar-refractivity contribution in [3.8, 4) is 0 Å². The van der Waals surface area contributed by atoms with Crippen LogP contribution in [0.1, 0.15) is 38.3 Å². The minimum Gasteiger partial charge on any atom is -0.352 e. The minimum atomic E-state index is -3.94. The van der Waals surface area contributed by atoms with E-state index in [-0.39, 0.29) is 28.8 Å².